The molecule has 92 valence electrons. The highest BCUT2D eigenvalue weighted by atomic mass is 16.4. The maximum atomic E-state index is 10.6. The van der Waals surface area contributed by atoms with E-state index in [9.17, 15) is 9.90 Å². The highest BCUT2D eigenvalue weighted by Crippen LogP contribution is 2.25. The lowest BCUT2D eigenvalue weighted by molar-refractivity contribution is -0.242. The Balaban J connectivity index is 2.52. The van der Waals surface area contributed by atoms with Crippen molar-refractivity contribution in [2.45, 2.75) is 13.8 Å². The van der Waals surface area contributed by atoms with Gasteiger partial charge in [0, 0.05) is 17.0 Å². The number of aromatic nitrogens is 2. The first-order chi connectivity index (χ1) is 8.56. The second-order valence-electron chi connectivity index (χ2n) is 3.93. The number of nitrogens with zero attached hydrogens (tertiary/aromatic N) is 2. The molecule has 0 spiro atoms. The van der Waals surface area contributed by atoms with Crippen molar-refractivity contribution in [1.29, 1.82) is 0 Å². The number of hydrogen-bond acceptors (Lipinski definition) is 4. The summed E-state index contributed by atoms with van der Waals surface area (Å²) in [5, 5.41) is 12.9. The topological polar surface area (TPSA) is 77.9 Å². The fraction of sp³-hybridized carbons (Fsp3) is 0.154. The molecule has 5 heteroatoms. The highest BCUT2D eigenvalue weighted by Gasteiger charge is 2.08. The van der Waals surface area contributed by atoms with Gasteiger partial charge in [-0.1, -0.05) is 12.1 Å². The Bertz CT molecular complexity index is 576. The van der Waals surface area contributed by atoms with Crippen LogP contribution >= 0.6 is 0 Å². The van der Waals surface area contributed by atoms with E-state index < -0.39 is 6.09 Å². The van der Waals surface area contributed by atoms with Crippen molar-refractivity contribution in [3.8, 4) is 11.4 Å². The van der Waals surface area contributed by atoms with Crippen LogP contribution < -0.4 is 10.4 Å². The van der Waals surface area contributed by atoms with E-state index in [2.05, 4.69) is 15.3 Å². The molecule has 0 fully saturated rings. The average molecular weight is 242 g/mol. The molecule has 5 nitrogen and oxygen atoms in total. The quantitative estimate of drug-likeness (QED) is 0.865. The predicted octanol–water partition coefficient (Wildman–Crippen LogP) is 1.52. The molecule has 1 N–H and O–H groups in total. The van der Waals surface area contributed by atoms with Crippen LogP contribution in [0.1, 0.15) is 11.4 Å². The molecule has 0 atom stereocenters. The zero-order chi connectivity index (χ0) is 13.1. The number of rotatable bonds is 2. The molecule has 0 radical (unpaired) electrons. The van der Waals surface area contributed by atoms with Crippen LogP contribution in [0.2, 0.25) is 0 Å². The first-order valence-corrected chi connectivity index (χ1v) is 5.46. The van der Waals surface area contributed by atoms with Crippen LogP contribution in [0.5, 0.6) is 0 Å². The van der Waals surface area contributed by atoms with Crippen molar-refractivity contribution in [3.63, 3.8) is 0 Å². The number of benzene rings is 1. The molecule has 0 aliphatic carbocycles. The summed E-state index contributed by atoms with van der Waals surface area (Å²) in [4.78, 5) is 19.2. The van der Waals surface area contributed by atoms with E-state index in [1.165, 1.54) is 0 Å². The molecule has 1 heterocycles. The Hall–Kier alpha value is -2.43. The summed E-state index contributed by atoms with van der Waals surface area (Å²) in [7, 11) is 0. The number of nitrogens with one attached hydrogen (secondary N) is 1. The third-order valence-electron chi connectivity index (χ3n) is 2.39. The fourth-order valence-electron chi connectivity index (χ4n) is 1.74. The van der Waals surface area contributed by atoms with Gasteiger partial charge < -0.3 is 15.2 Å². The smallest absolute Gasteiger partial charge is 0.161 e. The molecular formula is C13H12N3O2-. The van der Waals surface area contributed by atoms with E-state index in [0.29, 0.717) is 17.1 Å². The normalized spacial score (nSPS) is 10.1. The minimum absolute atomic E-state index is 0.419. The number of amides is 1. The van der Waals surface area contributed by atoms with E-state index in [4.69, 9.17) is 0 Å². The highest BCUT2D eigenvalue weighted by molar-refractivity contribution is 5.88. The van der Waals surface area contributed by atoms with Gasteiger partial charge in [-0.05, 0) is 32.0 Å². The largest absolute Gasteiger partial charge is 0.530 e. The third kappa shape index (κ3) is 2.63. The van der Waals surface area contributed by atoms with Gasteiger partial charge in [0.1, 0.15) is 6.09 Å². The second-order valence-corrected chi connectivity index (χ2v) is 3.93. The third-order valence-corrected chi connectivity index (χ3v) is 2.39. The minimum Gasteiger partial charge on any atom is -0.530 e. The maximum Gasteiger partial charge on any atom is 0.161 e. The Morgan fingerprint density at radius 2 is 1.78 bits per heavy atom. The van der Waals surface area contributed by atoms with Crippen LogP contribution in [0.25, 0.3) is 11.4 Å². The lowest BCUT2D eigenvalue weighted by atomic mass is 10.1. The standard InChI is InChI=1S/C13H13N3O2/c1-8-7-9(2)15-12(14-8)10-5-3-4-6-11(10)16-13(17)18/h3-7,16H,1-2H3,(H,17,18)/p-1. The SMILES string of the molecule is Cc1cc(C)nc(-c2ccccc2NC(=O)[O-])n1. The molecule has 0 unspecified atom stereocenters. The molecule has 0 saturated heterocycles. The molecule has 1 aromatic heterocycles. The number of carbonyl (C=O) groups is 1. The molecule has 0 saturated carbocycles. The summed E-state index contributed by atoms with van der Waals surface area (Å²) < 4.78 is 0. The fourth-order valence-corrected chi connectivity index (χ4v) is 1.74. The zero-order valence-electron chi connectivity index (χ0n) is 10.1. The van der Waals surface area contributed by atoms with Gasteiger partial charge in [-0.25, -0.2) is 9.97 Å². The zero-order valence-corrected chi connectivity index (χ0v) is 10.1. The molecule has 0 aliphatic heterocycles. The molecule has 0 aliphatic rings. The lowest BCUT2D eigenvalue weighted by Gasteiger charge is -2.11. The van der Waals surface area contributed by atoms with Crippen LogP contribution in [-0.4, -0.2) is 16.1 Å². The van der Waals surface area contributed by atoms with Gasteiger partial charge in [-0.3, -0.25) is 0 Å². The number of aryl methyl sites for hydroxylation is 2. The Morgan fingerprint density at radius 1 is 1.17 bits per heavy atom. The second kappa shape index (κ2) is 4.83. The average Bonchev–Trinajstić information content (AvgIpc) is 2.27. The van der Waals surface area contributed by atoms with E-state index >= 15 is 0 Å². The van der Waals surface area contributed by atoms with Crippen LogP contribution in [0.15, 0.2) is 30.3 Å². The number of carbonyl (C=O) groups excluding carboxylic acids is 1. The Kier molecular flexibility index (Phi) is 3.23. The Labute approximate surface area is 105 Å². The van der Waals surface area contributed by atoms with Crippen molar-refractivity contribution in [2.75, 3.05) is 5.32 Å². The predicted molar refractivity (Wildman–Crippen MR) is 66.0 cm³/mol. The van der Waals surface area contributed by atoms with Crippen molar-refractivity contribution in [3.05, 3.63) is 41.7 Å². The van der Waals surface area contributed by atoms with Crippen molar-refractivity contribution < 1.29 is 9.90 Å². The number of hydrogen-bond donors (Lipinski definition) is 1. The summed E-state index contributed by atoms with van der Waals surface area (Å²) in [6.45, 7) is 3.74. The number of carboxylic acid groups (broad SMARTS) is 1. The first-order valence-electron chi connectivity index (χ1n) is 5.46. The lowest BCUT2D eigenvalue weighted by Crippen LogP contribution is -2.29. The van der Waals surface area contributed by atoms with E-state index in [1.807, 2.05) is 19.9 Å². The van der Waals surface area contributed by atoms with Gasteiger partial charge in [-0.15, -0.1) is 0 Å². The van der Waals surface area contributed by atoms with Gasteiger partial charge in [-0.2, -0.15) is 0 Å². The molecule has 0 bridgehead atoms. The van der Waals surface area contributed by atoms with Crippen LogP contribution in [0.3, 0.4) is 0 Å². The van der Waals surface area contributed by atoms with E-state index in [0.717, 1.165) is 11.4 Å². The number of anilines is 1. The van der Waals surface area contributed by atoms with Crippen LogP contribution in [0.4, 0.5) is 10.5 Å². The van der Waals surface area contributed by atoms with Crippen LogP contribution in [0, 0.1) is 13.8 Å². The summed E-state index contributed by atoms with van der Waals surface area (Å²) in [5.74, 6) is 0.497. The first kappa shape index (κ1) is 12.0. The van der Waals surface area contributed by atoms with Crippen molar-refractivity contribution in [2.24, 2.45) is 0 Å². The molecule has 18 heavy (non-hydrogen) atoms. The van der Waals surface area contributed by atoms with Gasteiger partial charge >= 0.3 is 0 Å². The number of para-hydroxylation sites is 1. The summed E-state index contributed by atoms with van der Waals surface area (Å²) in [6.07, 6.45) is -1.35. The molecule has 2 aromatic rings. The van der Waals surface area contributed by atoms with Crippen LogP contribution in [-0.2, 0) is 0 Å². The van der Waals surface area contributed by atoms with Crippen molar-refractivity contribution in [1.82, 2.24) is 9.97 Å². The molecule has 1 aromatic carbocycles. The van der Waals surface area contributed by atoms with Crippen molar-refractivity contribution >= 4 is 11.8 Å². The van der Waals surface area contributed by atoms with Gasteiger partial charge in [0.2, 0.25) is 0 Å². The van der Waals surface area contributed by atoms with Gasteiger partial charge in [0.25, 0.3) is 0 Å². The minimum atomic E-state index is -1.35. The maximum absolute atomic E-state index is 10.6. The molecule has 2 rings (SSSR count). The Morgan fingerprint density at radius 3 is 2.39 bits per heavy atom. The van der Waals surface area contributed by atoms with Gasteiger partial charge in [0.05, 0.1) is 5.69 Å². The van der Waals surface area contributed by atoms with E-state index in [-0.39, 0.29) is 0 Å². The monoisotopic (exact) mass is 242 g/mol. The summed E-state index contributed by atoms with van der Waals surface area (Å²) >= 11 is 0. The summed E-state index contributed by atoms with van der Waals surface area (Å²) in [6, 6.07) is 8.80. The molecular weight excluding hydrogens is 230 g/mol. The van der Waals surface area contributed by atoms with E-state index in [1.54, 1.807) is 24.3 Å². The summed E-state index contributed by atoms with van der Waals surface area (Å²) in [5.41, 5.74) is 2.72. The molecule has 1 amide bonds. The van der Waals surface area contributed by atoms with Gasteiger partial charge in [0.15, 0.2) is 5.82 Å².